The van der Waals surface area contributed by atoms with Crippen molar-refractivity contribution in [1.82, 2.24) is 0 Å². The second-order valence-electron chi connectivity index (χ2n) is 10.3. The molecule has 3 rings (SSSR count). The van der Waals surface area contributed by atoms with E-state index in [-0.39, 0.29) is 8.55 Å². The van der Waals surface area contributed by atoms with E-state index in [1.807, 2.05) is 6.21 Å². The van der Waals surface area contributed by atoms with Crippen LogP contribution in [-0.2, 0) is 6.42 Å². The molecule has 1 N–H and O–H groups in total. The third-order valence-corrected chi connectivity index (χ3v) is 9.91. The maximum Gasteiger partial charge on any atom is 0.423 e. The minimum absolute atomic E-state index is 0.168. The minimum atomic E-state index is -1.43. The zero-order valence-electron chi connectivity index (χ0n) is 19.8. The Bertz CT molecular complexity index is 1020. The summed E-state index contributed by atoms with van der Waals surface area (Å²) in [6, 6.07) is 27.7. The van der Waals surface area contributed by atoms with E-state index in [0.717, 1.165) is 12.1 Å². The molecule has 0 fully saturated rings. The monoisotopic (exact) mass is 426 g/mol. The summed E-state index contributed by atoms with van der Waals surface area (Å²) in [6.45, 7) is 14.1. The van der Waals surface area contributed by atoms with Crippen molar-refractivity contribution in [2.75, 3.05) is 4.30 Å². The highest BCUT2D eigenvalue weighted by atomic mass is 27.2. The van der Waals surface area contributed by atoms with Crippen molar-refractivity contribution in [2.24, 2.45) is 4.99 Å². The molecule has 0 aliphatic carbocycles. The number of anilines is 1. The number of benzene rings is 3. The quantitative estimate of drug-likeness (QED) is 0.301. The molecule has 0 atom stereocenters. The number of nitrogens with zero attached hydrogens (tertiary/aromatic N) is 1. The molecule has 0 unspecified atom stereocenters. The normalized spacial score (nSPS) is 12.2. The summed E-state index contributed by atoms with van der Waals surface area (Å²) in [4.78, 5) is 4.76. The van der Waals surface area contributed by atoms with Crippen molar-refractivity contribution in [3.63, 3.8) is 0 Å². The van der Waals surface area contributed by atoms with Crippen LogP contribution in [-0.4, -0.2) is 20.6 Å². The molecule has 0 aromatic heterocycles. The van der Waals surface area contributed by atoms with Gasteiger partial charge in [-0.05, 0) is 54.3 Å². The predicted molar refractivity (Wildman–Crippen MR) is 138 cm³/mol. The molecule has 31 heavy (non-hydrogen) atoms. The predicted octanol–water partition coefficient (Wildman–Crippen LogP) is 7.97. The molecule has 0 bridgehead atoms. The van der Waals surface area contributed by atoms with Crippen LogP contribution in [0.4, 0.5) is 11.4 Å². The maximum atomic E-state index is 4.76. The number of aliphatic imine (C=N–C) groups is 1. The van der Waals surface area contributed by atoms with Crippen molar-refractivity contribution in [3.8, 4) is 0 Å². The Morgan fingerprint density at radius 1 is 0.839 bits per heavy atom. The first-order valence-corrected chi connectivity index (χ1v) is 12.9. The van der Waals surface area contributed by atoms with Gasteiger partial charge < -0.3 is 4.30 Å². The van der Waals surface area contributed by atoms with Crippen molar-refractivity contribution in [1.29, 1.82) is 0 Å². The molecule has 0 saturated carbocycles. The highest BCUT2D eigenvalue weighted by Crippen LogP contribution is 2.45. The van der Waals surface area contributed by atoms with E-state index in [1.54, 1.807) is 0 Å². The summed E-state index contributed by atoms with van der Waals surface area (Å²) < 4.78 is 4.38. The van der Waals surface area contributed by atoms with Crippen molar-refractivity contribution >= 4 is 32.0 Å². The van der Waals surface area contributed by atoms with Crippen LogP contribution in [0.15, 0.2) is 83.9 Å². The number of hydrogen-bond donors (Lipinski definition) is 1. The van der Waals surface area contributed by atoms with Gasteiger partial charge in [0.25, 0.3) is 0 Å². The summed E-state index contributed by atoms with van der Waals surface area (Å²) in [6.07, 6.45) is 3.05. The largest absolute Gasteiger partial charge is 0.476 e. The van der Waals surface area contributed by atoms with Crippen LogP contribution in [0, 0.1) is 6.92 Å². The van der Waals surface area contributed by atoms with E-state index in [0.29, 0.717) is 0 Å². The first-order chi connectivity index (χ1) is 14.6. The summed E-state index contributed by atoms with van der Waals surface area (Å²) in [5.41, 5.74) is 6.03. The molecule has 0 amide bonds. The van der Waals surface area contributed by atoms with Crippen molar-refractivity contribution in [3.05, 3.63) is 95.6 Å². The number of nitrogens with one attached hydrogen (secondary N) is 1. The van der Waals surface area contributed by atoms with Gasteiger partial charge in [-0.3, -0.25) is 4.99 Å². The van der Waals surface area contributed by atoms with E-state index >= 15 is 0 Å². The molecule has 160 valence electrons. The maximum absolute atomic E-state index is 4.76. The molecule has 0 heterocycles. The minimum Gasteiger partial charge on any atom is -0.476 e. The fraction of sp³-hybridized carbons (Fsp3) is 0.321. The van der Waals surface area contributed by atoms with Gasteiger partial charge in [-0.25, -0.2) is 0 Å². The van der Waals surface area contributed by atoms with Gasteiger partial charge in [-0.1, -0.05) is 97.8 Å². The van der Waals surface area contributed by atoms with Gasteiger partial charge in [0.15, 0.2) is 0 Å². The SMILES string of the molecule is Cc1cccc(N=Cc2ccccc2C[C](C)(C)[Al]([NH]c2ccccc2)[C](C)(C)C)c1. The fourth-order valence-corrected chi connectivity index (χ4v) is 8.67. The fourth-order valence-electron chi connectivity index (χ4n) is 4.55. The molecular formula is C28H35AlN2. The second kappa shape index (κ2) is 9.86. The third kappa shape index (κ3) is 6.57. The van der Waals surface area contributed by atoms with Gasteiger partial charge in [0.05, 0.1) is 5.69 Å². The van der Waals surface area contributed by atoms with Gasteiger partial charge in [-0.2, -0.15) is 0 Å². The van der Waals surface area contributed by atoms with E-state index < -0.39 is 14.4 Å². The second-order valence-corrected chi connectivity index (χ2v) is 14.7. The number of rotatable bonds is 7. The molecule has 0 aliphatic heterocycles. The van der Waals surface area contributed by atoms with Gasteiger partial charge in [0, 0.05) is 11.9 Å². The topological polar surface area (TPSA) is 24.4 Å². The Kier molecular flexibility index (Phi) is 7.42. The van der Waals surface area contributed by atoms with Crippen LogP contribution < -0.4 is 4.30 Å². The molecule has 3 aromatic carbocycles. The first-order valence-electron chi connectivity index (χ1n) is 11.2. The lowest BCUT2D eigenvalue weighted by Crippen LogP contribution is -2.45. The Labute approximate surface area is 193 Å². The molecule has 3 aromatic rings. The van der Waals surface area contributed by atoms with Crippen molar-refractivity contribution < 1.29 is 0 Å². The zero-order chi connectivity index (χ0) is 22.5. The molecule has 3 heteroatoms. The molecular weight excluding hydrogens is 391 g/mol. The standard InChI is InChI=1S/C18H20N.C6H6N.C4H9.Al/c1-14(2)11-16-8-4-5-9-17(16)13-19-18-10-6-7-15(3)12-18;7-6-4-2-1-3-5-6;1-4(2)3;/h4-10,12-13H,11H2,1-3H3;1-5,7H;1-3H3;/q;-1;;+1. The third-order valence-electron chi connectivity index (χ3n) is 5.79. The molecule has 0 radical (unpaired) electrons. The van der Waals surface area contributed by atoms with Crippen LogP contribution in [0.5, 0.6) is 0 Å². The first kappa shape index (κ1) is 23.3. The highest BCUT2D eigenvalue weighted by Gasteiger charge is 2.46. The van der Waals surface area contributed by atoms with E-state index in [2.05, 4.69) is 125 Å². The summed E-state index contributed by atoms with van der Waals surface area (Å²) >= 11 is -1.43. The van der Waals surface area contributed by atoms with Crippen LogP contribution in [0.1, 0.15) is 51.3 Å². The van der Waals surface area contributed by atoms with Crippen LogP contribution in [0.3, 0.4) is 0 Å². The van der Waals surface area contributed by atoms with Gasteiger partial charge >= 0.3 is 14.4 Å². The van der Waals surface area contributed by atoms with Crippen LogP contribution in [0.25, 0.3) is 0 Å². The van der Waals surface area contributed by atoms with Gasteiger partial charge in [0.1, 0.15) is 0 Å². The molecule has 2 nitrogen and oxygen atoms in total. The van der Waals surface area contributed by atoms with E-state index in [4.69, 9.17) is 4.99 Å². The summed E-state index contributed by atoms with van der Waals surface area (Å²) in [5, 5.41) is 0. The highest BCUT2D eigenvalue weighted by molar-refractivity contribution is 6.68. The summed E-state index contributed by atoms with van der Waals surface area (Å²) in [5.74, 6) is 0. The molecule has 0 saturated heterocycles. The Balaban J connectivity index is 1.87. The molecule has 0 aliphatic rings. The van der Waals surface area contributed by atoms with E-state index in [1.165, 1.54) is 22.4 Å². The number of aryl methyl sites for hydroxylation is 1. The van der Waals surface area contributed by atoms with Gasteiger partial charge in [0.2, 0.25) is 0 Å². The molecule has 0 spiro atoms. The van der Waals surface area contributed by atoms with Crippen molar-refractivity contribution in [2.45, 2.75) is 56.5 Å². The lowest BCUT2D eigenvalue weighted by atomic mass is 9.97. The average molecular weight is 427 g/mol. The summed E-state index contributed by atoms with van der Waals surface area (Å²) in [7, 11) is 0. The Hall–Kier alpha value is -2.34. The smallest absolute Gasteiger partial charge is 0.423 e. The number of para-hydroxylation sites is 1. The van der Waals surface area contributed by atoms with Crippen LogP contribution in [0.2, 0.25) is 8.55 Å². The zero-order valence-corrected chi connectivity index (χ0v) is 21.0. The lowest BCUT2D eigenvalue weighted by molar-refractivity contribution is 0.599. The number of hydrogen-bond acceptors (Lipinski definition) is 2. The van der Waals surface area contributed by atoms with Crippen LogP contribution >= 0.6 is 0 Å². The Morgan fingerprint density at radius 3 is 2.19 bits per heavy atom. The Morgan fingerprint density at radius 2 is 1.52 bits per heavy atom. The lowest BCUT2D eigenvalue weighted by Gasteiger charge is -2.39. The average Bonchev–Trinajstić information content (AvgIpc) is 2.71. The van der Waals surface area contributed by atoms with E-state index in [9.17, 15) is 0 Å². The van der Waals surface area contributed by atoms with Gasteiger partial charge in [-0.15, -0.1) is 0 Å².